The van der Waals surface area contributed by atoms with E-state index >= 15 is 0 Å². The Balaban J connectivity index is 1.80. The van der Waals surface area contributed by atoms with Crippen LogP contribution in [-0.2, 0) is 9.59 Å². The molecule has 160 valence electrons. The molecule has 0 saturated carbocycles. The molecule has 1 atom stereocenters. The first-order chi connectivity index (χ1) is 14.6. The molecule has 0 radical (unpaired) electrons. The van der Waals surface area contributed by atoms with E-state index in [9.17, 15) is 14.0 Å². The number of nitrogens with one attached hydrogen (secondary N) is 2. The van der Waals surface area contributed by atoms with Crippen molar-refractivity contribution in [2.75, 3.05) is 5.32 Å². The molecule has 4 nitrogen and oxygen atoms in total. The number of rotatable bonds is 3. The van der Waals surface area contributed by atoms with E-state index in [0.717, 1.165) is 23.2 Å². The fourth-order valence-electron chi connectivity index (χ4n) is 4.59. The molecule has 31 heavy (non-hydrogen) atoms. The highest BCUT2D eigenvalue weighted by Crippen LogP contribution is 2.46. The lowest BCUT2D eigenvalue weighted by Crippen LogP contribution is -2.39. The number of allylic oxidation sites excluding steroid dienone is 3. The second-order valence-electron chi connectivity index (χ2n) is 9.31. The molecule has 2 N–H and O–H groups in total. The minimum absolute atomic E-state index is 0.0629. The molecule has 0 bridgehead atoms. The zero-order chi connectivity index (χ0) is 22.3. The minimum atomic E-state index is -0.464. The molecule has 1 heterocycles. The van der Waals surface area contributed by atoms with Gasteiger partial charge in [0.05, 0.1) is 0 Å². The normalized spacial score (nSPS) is 20.3. The van der Waals surface area contributed by atoms with Gasteiger partial charge in [-0.3, -0.25) is 9.59 Å². The Hall–Kier alpha value is -3.21. The summed E-state index contributed by atoms with van der Waals surface area (Å²) >= 11 is 0. The quantitative estimate of drug-likeness (QED) is 0.704. The average molecular weight is 419 g/mol. The molecular formula is C26H27FN2O2. The summed E-state index contributed by atoms with van der Waals surface area (Å²) in [5, 5.41) is 6.16. The summed E-state index contributed by atoms with van der Waals surface area (Å²) in [6, 6.07) is 13.7. The van der Waals surface area contributed by atoms with Crippen LogP contribution in [0.4, 0.5) is 10.1 Å². The summed E-state index contributed by atoms with van der Waals surface area (Å²) in [6.45, 7) is 8.03. The number of Topliss-reactive ketones (excluding diaryl/α,β-unsaturated/α-hetero) is 1. The van der Waals surface area contributed by atoms with Gasteiger partial charge in [0.25, 0.3) is 5.91 Å². The largest absolute Gasteiger partial charge is 0.362 e. The van der Waals surface area contributed by atoms with Crippen LogP contribution < -0.4 is 10.6 Å². The molecule has 2 aliphatic rings. The zero-order valence-electron chi connectivity index (χ0n) is 18.3. The molecular weight excluding hydrogens is 391 g/mol. The van der Waals surface area contributed by atoms with Gasteiger partial charge in [-0.1, -0.05) is 49.7 Å². The SMILES string of the molecule is CC1=C(C(=O)Nc2cccc(F)c2)[C@@H](c2ccc(C)cc2)C2=C(CC(C)(C)CC2=O)N1. The highest BCUT2D eigenvalue weighted by Gasteiger charge is 2.42. The van der Waals surface area contributed by atoms with Crippen LogP contribution in [0, 0.1) is 18.2 Å². The average Bonchev–Trinajstić information content (AvgIpc) is 2.66. The maximum Gasteiger partial charge on any atom is 0.254 e. The van der Waals surface area contributed by atoms with E-state index in [1.54, 1.807) is 12.1 Å². The van der Waals surface area contributed by atoms with Crippen molar-refractivity contribution in [1.82, 2.24) is 5.32 Å². The number of dihydropyridines is 1. The van der Waals surface area contributed by atoms with E-state index in [2.05, 4.69) is 24.5 Å². The summed E-state index contributed by atoms with van der Waals surface area (Å²) in [6.07, 6.45) is 1.18. The number of aryl methyl sites for hydroxylation is 1. The summed E-state index contributed by atoms with van der Waals surface area (Å²) in [7, 11) is 0. The molecule has 0 saturated heterocycles. The predicted molar refractivity (Wildman–Crippen MR) is 120 cm³/mol. The number of carbonyl (C=O) groups is 2. The van der Waals surface area contributed by atoms with Crippen molar-refractivity contribution in [3.05, 3.63) is 88.0 Å². The molecule has 1 aliphatic carbocycles. The van der Waals surface area contributed by atoms with Gasteiger partial charge in [0.15, 0.2) is 5.78 Å². The van der Waals surface area contributed by atoms with E-state index in [1.807, 2.05) is 38.1 Å². The molecule has 2 aromatic carbocycles. The number of amides is 1. The van der Waals surface area contributed by atoms with Crippen LogP contribution in [0.2, 0.25) is 0 Å². The van der Waals surface area contributed by atoms with Crippen LogP contribution >= 0.6 is 0 Å². The molecule has 2 aromatic rings. The fraction of sp³-hybridized carbons (Fsp3) is 0.308. The van der Waals surface area contributed by atoms with E-state index in [0.29, 0.717) is 29.0 Å². The second kappa shape index (κ2) is 7.80. The lowest BCUT2D eigenvalue weighted by atomic mass is 9.68. The third-order valence-corrected chi connectivity index (χ3v) is 5.98. The third kappa shape index (κ3) is 4.18. The Kier molecular flexibility index (Phi) is 5.29. The fourth-order valence-corrected chi connectivity index (χ4v) is 4.59. The third-order valence-electron chi connectivity index (χ3n) is 5.98. The van der Waals surface area contributed by atoms with Gasteiger partial charge in [0.1, 0.15) is 5.82 Å². The van der Waals surface area contributed by atoms with Gasteiger partial charge >= 0.3 is 0 Å². The Morgan fingerprint density at radius 1 is 1.10 bits per heavy atom. The van der Waals surface area contributed by atoms with Crippen LogP contribution in [0.3, 0.4) is 0 Å². The van der Waals surface area contributed by atoms with Crippen molar-refractivity contribution in [1.29, 1.82) is 0 Å². The number of anilines is 1. The Morgan fingerprint density at radius 2 is 1.81 bits per heavy atom. The van der Waals surface area contributed by atoms with Gasteiger partial charge in [0.2, 0.25) is 0 Å². The molecule has 0 spiro atoms. The van der Waals surface area contributed by atoms with Gasteiger partial charge in [-0.15, -0.1) is 0 Å². The lowest BCUT2D eigenvalue weighted by molar-refractivity contribution is -0.118. The zero-order valence-corrected chi connectivity index (χ0v) is 18.3. The van der Waals surface area contributed by atoms with Crippen molar-refractivity contribution < 1.29 is 14.0 Å². The monoisotopic (exact) mass is 418 g/mol. The first-order valence-electron chi connectivity index (χ1n) is 10.5. The Morgan fingerprint density at radius 3 is 2.48 bits per heavy atom. The summed E-state index contributed by atoms with van der Waals surface area (Å²) in [5.74, 6) is -1.16. The van der Waals surface area contributed by atoms with Crippen LogP contribution in [0.1, 0.15) is 50.7 Å². The highest BCUT2D eigenvalue weighted by atomic mass is 19.1. The van der Waals surface area contributed by atoms with E-state index < -0.39 is 11.7 Å². The summed E-state index contributed by atoms with van der Waals surface area (Å²) in [4.78, 5) is 26.7. The number of carbonyl (C=O) groups excluding carboxylic acids is 2. The maximum atomic E-state index is 13.6. The number of ketones is 1. The van der Waals surface area contributed by atoms with Gasteiger partial charge in [-0.2, -0.15) is 0 Å². The van der Waals surface area contributed by atoms with E-state index in [1.165, 1.54) is 12.1 Å². The van der Waals surface area contributed by atoms with Crippen molar-refractivity contribution in [3.8, 4) is 0 Å². The van der Waals surface area contributed by atoms with Crippen molar-refractivity contribution in [2.45, 2.75) is 46.5 Å². The van der Waals surface area contributed by atoms with E-state index in [-0.39, 0.29) is 17.1 Å². The highest BCUT2D eigenvalue weighted by molar-refractivity contribution is 6.09. The number of benzene rings is 2. The maximum absolute atomic E-state index is 13.6. The van der Waals surface area contributed by atoms with E-state index in [4.69, 9.17) is 0 Å². The van der Waals surface area contributed by atoms with Crippen LogP contribution in [-0.4, -0.2) is 11.7 Å². The van der Waals surface area contributed by atoms with Gasteiger partial charge in [-0.25, -0.2) is 4.39 Å². The molecule has 0 fully saturated rings. The number of hydrogen-bond donors (Lipinski definition) is 2. The lowest BCUT2D eigenvalue weighted by Gasteiger charge is -2.39. The smallest absolute Gasteiger partial charge is 0.254 e. The second-order valence-corrected chi connectivity index (χ2v) is 9.31. The Labute approximate surface area is 182 Å². The van der Waals surface area contributed by atoms with Gasteiger partial charge < -0.3 is 10.6 Å². The van der Waals surface area contributed by atoms with Gasteiger partial charge in [0, 0.05) is 40.6 Å². The number of halogens is 1. The number of hydrogen-bond acceptors (Lipinski definition) is 3. The Bertz CT molecular complexity index is 1130. The molecule has 0 unspecified atom stereocenters. The molecule has 0 aromatic heterocycles. The van der Waals surface area contributed by atoms with Crippen LogP contribution in [0.25, 0.3) is 0 Å². The van der Waals surface area contributed by atoms with Gasteiger partial charge in [-0.05, 0) is 49.4 Å². The molecule has 1 aliphatic heterocycles. The van der Waals surface area contributed by atoms with Crippen molar-refractivity contribution in [2.24, 2.45) is 5.41 Å². The first-order valence-corrected chi connectivity index (χ1v) is 10.5. The molecule has 4 rings (SSSR count). The van der Waals surface area contributed by atoms with Crippen molar-refractivity contribution in [3.63, 3.8) is 0 Å². The molecule has 5 heteroatoms. The minimum Gasteiger partial charge on any atom is -0.362 e. The first kappa shape index (κ1) is 21.0. The topological polar surface area (TPSA) is 58.2 Å². The van der Waals surface area contributed by atoms with Crippen LogP contribution in [0.15, 0.2) is 71.1 Å². The van der Waals surface area contributed by atoms with Crippen molar-refractivity contribution >= 4 is 17.4 Å². The summed E-state index contributed by atoms with van der Waals surface area (Å²) < 4.78 is 13.6. The van der Waals surface area contributed by atoms with Crippen LogP contribution in [0.5, 0.6) is 0 Å². The predicted octanol–water partition coefficient (Wildman–Crippen LogP) is 5.38. The molecule has 1 amide bonds. The summed E-state index contributed by atoms with van der Waals surface area (Å²) in [5.41, 5.74) is 5.01. The standard InChI is InChI=1S/C26H27FN2O2/c1-15-8-10-17(11-9-15)23-22(25(31)29-19-7-5-6-18(27)12-19)16(2)28-20-13-26(3,4)14-21(30)24(20)23/h5-12,23,28H,13-14H2,1-4H3,(H,29,31)/t23-/m1/s1.